The van der Waals surface area contributed by atoms with Gasteiger partial charge in [0.1, 0.15) is 11.9 Å². The maximum absolute atomic E-state index is 12.9. The van der Waals surface area contributed by atoms with Crippen molar-refractivity contribution in [3.63, 3.8) is 0 Å². The van der Waals surface area contributed by atoms with Crippen molar-refractivity contribution in [3.8, 4) is 5.75 Å². The number of benzene rings is 2. The maximum Gasteiger partial charge on any atom is 0.319 e. The number of nitrogens with zero attached hydrogens (tertiary/aromatic N) is 1. The molecule has 0 aromatic heterocycles. The standard InChI is InChI=1S/C28H37N3O5/c1-35-25-10-6-5-9-23(25)29-28(34)30-24-12-11-22(36-26(24)19-32)18-27(33)31-15-13-21(14-16-31)17-20-7-3-2-4-8-20/h2-10,21-22,24,26,32H,11-19H2,1H3,(H2,29,30,34)/t22-,24+,26+/m1/s1. The van der Waals surface area contributed by atoms with Crippen LogP contribution in [0.1, 0.15) is 37.7 Å². The number of urea groups is 1. The van der Waals surface area contributed by atoms with Gasteiger partial charge in [-0.15, -0.1) is 0 Å². The first-order chi connectivity index (χ1) is 17.6. The van der Waals surface area contributed by atoms with Gasteiger partial charge in [0.15, 0.2) is 0 Å². The molecule has 194 valence electrons. The first-order valence-electron chi connectivity index (χ1n) is 12.8. The Bertz CT molecular complexity index is 994. The molecule has 2 saturated heterocycles. The third-order valence-electron chi connectivity index (χ3n) is 7.20. The first-order valence-corrected chi connectivity index (χ1v) is 12.8. The van der Waals surface area contributed by atoms with E-state index in [-0.39, 0.29) is 30.7 Å². The molecule has 0 aliphatic carbocycles. The second kappa shape index (κ2) is 12.7. The molecular weight excluding hydrogens is 458 g/mol. The van der Waals surface area contributed by atoms with Gasteiger partial charge < -0.3 is 30.1 Å². The highest BCUT2D eigenvalue weighted by Crippen LogP contribution is 2.26. The normalized spacial score (nSPS) is 22.6. The molecule has 0 spiro atoms. The summed E-state index contributed by atoms with van der Waals surface area (Å²) in [6.45, 7) is 1.33. The number of ether oxygens (including phenoxy) is 2. The molecule has 3 atom stereocenters. The predicted octanol–water partition coefficient (Wildman–Crippen LogP) is 3.60. The average molecular weight is 496 g/mol. The van der Waals surface area contributed by atoms with E-state index in [4.69, 9.17) is 9.47 Å². The van der Waals surface area contributed by atoms with Crippen molar-refractivity contribution >= 4 is 17.6 Å². The van der Waals surface area contributed by atoms with Crippen LogP contribution in [0.15, 0.2) is 54.6 Å². The molecule has 0 bridgehead atoms. The van der Waals surface area contributed by atoms with E-state index < -0.39 is 6.10 Å². The third kappa shape index (κ3) is 6.98. The number of hydrogen-bond acceptors (Lipinski definition) is 5. The van der Waals surface area contributed by atoms with Crippen molar-refractivity contribution < 1.29 is 24.2 Å². The number of carbonyl (C=O) groups is 2. The Kier molecular flexibility index (Phi) is 9.19. The lowest BCUT2D eigenvalue weighted by atomic mass is 9.90. The first kappa shape index (κ1) is 26.0. The minimum absolute atomic E-state index is 0.107. The minimum Gasteiger partial charge on any atom is -0.495 e. The molecule has 8 heteroatoms. The molecule has 2 heterocycles. The molecule has 4 rings (SSSR count). The van der Waals surface area contributed by atoms with Gasteiger partial charge in [-0.25, -0.2) is 4.79 Å². The number of aliphatic hydroxyl groups is 1. The summed E-state index contributed by atoms with van der Waals surface area (Å²) in [5.74, 6) is 1.28. The van der Waals surface area contributed by atoms with Crippen LogP contribution >= 0.6 is 0 Å². The number of amides is 3. The zero-order chi connectivity index (χ0) is 25.3. The molecular formula is C28H37N3O5. The fourth-order valence-corrected chi connectivity index (χ4v) is 5.18. The molecule has 8 nitrogen and oxygen atoms in total. The lowest BCUT2D eigenvalue weighted by Gasteiger charge is -2.37. The highest BCUT2D eigenvalue weighted by atomic mass is 16.5. The topological polar surface area (TPSA) is 100 Å². The van der Waals surface area contributed by atoms with E-state index in [9.17, 15) is 14.7 Å². The zero-order valence-electron chi connectivity index (χ0n) is 20.9. The quantitative estimate of drug-likeness (QED) is 0.520. The zero-order valence-corrected chi connectivity index (χ0v) is 20.9. The van der Waals surface area contributed by atoms with E-state index >= 15 is 0 Å². The van der Waals surface area contributed by atoms with Gasteiger partial charge >= 0.3 is 6.03 Å². The van der Waals surface area contributed by atoms with Crippen LogP contribution in [0.5, 0.6) is 5.75 Å². The summed E-state index contributed by atoms with van der Waals surface area (Å²) in [7, 11) is 1.55. The van der Waals surface area contributed by atoms with Crippen molar-refractivity contribution in [3.05, 3.63) is 60.2 Å². The van der Waals surface area contributed by atoms with Crippen molar-refractivity contribution in [1.82, 2.24) is 10.2 Å². The third-order valence-corrected chi connectivity index (χ3v) is 7.20. The summed E-state index contributed by atoms with van der Waals surface area (Å²) in [6, 6.07) is 16.9. The lowest BCUT2D eigenvalue weighted by Crippen LogP contribution is -2.52. The molecule has 2 fully saturated rings. The van der Waals surface area contributed by atoms with Gasteiger partial charge in [-0.1, -0.05) is 42.5 Å². The Morgan fingerprint density at radius 1 is 1.03 bits per heavy atom. The second-order valence-corrected chi connectivity index (χ2v) is 9.68. The molecule has 2 aromatic carbocycles. The number of aliphatic hydroxyl groups excluding tert-OH is 1. The molecule has 0 radical (unpaired) electrons. The van der Waals surface area contributed by atoms with E-state index in [1.807, 2.05) is 23.1 Å². The van der Waals surface area contributed by atoms with Crippen LogP contribution in [0.25, 0.3) is 0 Å². The van der Waals surface area contributed by atoms with E-state index in [2.05, 4.69) is 34.9 Å². The van der Waals surface area contributed by atoms with Crippen LogP contribution in [0, 0.1) is 5.92 Å². The van der Waals surface area contributed by atoms with E-state index in [1.165, 1.54) is 5.56 Å². The van der Waals surface area contributed by atoms with Crippen molar-refractivity contribution in [1.29, 1.82) is 0 Å². The summed E-state index contributed by atoms with van der Waals surface area (Å²) in [4.78, 5) is 27.4. The van der Waals surface area contributed by atoms with Crippen LogP contribution in [0.2, 0.25) is 0 Å². The van der Waals surface area contributed by atoms with Crippen LogP contribution in [-0.2, 0) is 16.0 Å². The number of likely N-dealkylation sites (tertiary alicyclic amines) is 1. The minimum atomic E-state index is -0.559. The number of rotatable bonds is 8. The average Bonchev–Trinajstić information content (AvgIpc) is 2.90. The van der Waals surface area contributed by atoms with E-state index in [0.717, 1.165) is 32.4 Å². The highest BCUT2D eigenvalue weighted by Gasteiger charge is 2.34. The molecule has 0 saturated carbocycles. The van der Waals surface area contributed by atoms with Gasteiger partial charge in [0.05, 0.1) is 38.0 Å². The summed E-state index contributed by atoms with van der Waals surface area (Å²) in [5.41, 5.74) is 1.92. The summed E-state index contributed by atoms with van der Waals surface area (Å²) in [6.07, 6.45) is 3.85. The smallest absolute Gasteiger partial charge is 0.319 e. The predicted molar refractivity (Wildman–Crippen MR) is 138 cm³/mol. The fraction of sp³-hybridized carbons (Fsp3) is 0.500. The molecule has 0 unspecified atom stereocenters. The molecule has 2 aromatic rings. The van der Waals surface area contributed by atoms with Gasteiger partial charge in [-0.3, -0.25) is 4.79 Å². The highest BCUT2D eigenvalue weighted by molar-refractivity contribution is 5.91. The number of piperidine rings is 1. The van der Waals surface area contributed by atoms with Crippen LogP contribution < -0.4 is 15.4 Å². The Hall–Kier alpha value is -3.10. The molecule has 2 aliphatic rings. The monoisotopic (exact) mass is 495 g/mol. The number of hydrogen-bond donors (Lipinski definition) is 3. The van der Waals surface area contributed by atoms with Crippen molar-refractivity contribution in [2.24, 2.45) is 5.92 Å². The van der Waals surface area contributed by atoms with Gasteiger partial charge in [-0.2, -0.15) is 0 Å². The number of methoxy groups -OCH3 is 1. The Labute approximate surface area is 213 Å². The maximum atomic E-state index is 12.9. The van der Waals surface area contributed by atoms with Crippen LogP contribution in [0.3, 0.4) is 0 Å². The molecule has 3 N–H and O–H groups in total. The summed E-state index contributed by atoms with van der Waals surface area (Å²) < 4.78 is 11.3. The molecule has 2 aliphatic heterocycles. The Balaban J connectivity index is 1.21. The number of carbonyl (C=O) groups excluding carboxylic acids is 2. The molecule has 36 heavy (non-hydrogen) atoms. The van der Waals surface area contributed by atoms with Crippen molar-refractivity contribution in [2.75, 3.05) is 32.1 Å². The largest absolute Gasteiger partial charge is 0.495 e. The summed E-state index contributed by atoms with van der Waals surface area (Å²) in [5, 5.41) is 15.6. The van der Waals surface area contributed by atoms with Crippen LogP contribution in [0.4, 0.5) is 10.5 Å². The van der Waals surface area contributed by atoms with Crippen LogP contribution in [-0.4, -0.2) is 67.0 Å². The molecule has 3 amide bonds. The number of para-hydroxylation sites is 2. The second-order valence-electron chi connectivity index (χ2n) is 9.68. The fourth-order valence-electron chi connectivity index (χ4n) is 5.18. The number of nitrogens with one attached hydrogen (secondary N) is 2. The van der Waals surface area contributed by atoms with E-state index in [0.29, 0.717) is 36.6 Å². The van der Waals surface area contributed by atoms with Gasteiger partial charge in [0, 0.05) is 13.1 Å². The Morgan fingerprint density at radius 2 is 1.75 bits per heavy atom. The SMILES string of the molecule is COc1ccccc1NC(=O)N[C@H]1CC[C@H](CC(=O)N2CCC(Cc3ccccc3)CC2)O[C@H]1CO. The lowest BCUT2D eigenvalue weighted by molar-refractivity contribution is -0.141. The Morgan fingerprint density at radius 3 is 2.47 bits per heavy atom. The number of anilines is 1. The van der Waals surface area contributed by atoms with Gasteiger partial charge in [0.2, 0.25) is 5.91 Å². The summed E-state index contributed by atoms with van der Waals surface area (Å²) >= 11 is 0. The van der Waals surface area contributed by atoms with Crippen molar-refractivity contribution in [2.45, 2.75) is 56.8 Å². The van der Waals surface area contributed by atoms with E-state index in [1.54, 1.807) is 19.2 Å². The van der Waals surface area contributed by atoms with Gasteiger partial charge in [0.25, 0.3) is 0 Å². The van der Waals surface area contributed by atoms with Gasteiger partial charge in [-0.05, 0) is 55.7 Å².